The third-order valence-electron chi connectivity index (χ3n) is 6.11. The smallest absolute Gasteiger partial charge is 0.253 e. The van der Waals surface area contributed by atoms with E-state index in [1.807, 2.05) is 58.3 Å². The molecule has 2 amide bonds. The first-order valence-electron chi connectivity index (χ1n) is 10.5. The van der Waals surface area contributed by atoms with Gasteiger partial charge in [-0.3, -0.25) is 9.59 Å². The van der Waals surface area contributed by atoms with E-state index in [2.05, 4.69) is 0 Å². The highest BCUT2D eigenvalue weighted by molar-refractivity contribution is 5.96. The second-order valence-electron chi connectivity index (χ2n) is 7.88. The predicted molar refractivity (Wildman–Crippen MR) is 113 cm³/mol. The molecule has 0 atom stereocenters. The zero-order valence-corrected chi connectivity index (χ0v) is 17.0. The first-order chi connectivity index (χ1) is 14.2. The Labute approximate surface area is 172 Å². The minimum Gasteiger partial charge on any atom is -0.496 e. The number of amides is 2. The fourth-order valence-electron chi connectivity index (χ4n) is 4.45. The number of ether oxygens (including phenoxy) is 1. The van der Waals surface area contributed by atoms with Gasteiger partial charge in [0.15, 0.2) is 0 Å². The molecule has 1 heterocycles. The van der Waals surface area contributed by atoms with E-state index in [-0.39, 0.29) is 17.7 Å². The average Bonchev–Trinajstić information content (AvgIpc) is 3.33. The third-order valence-corrected chi connectivity index (χ3v) is 6.11. The van der Waals surface area contributed by atoms with Crippen LogP contribution in [0, 0.1) is 5.92 Å². The maximum atomic E-state index is 13.1. The van der Waals surface area contributed by atoms with E-state index in [0.717, 1.165) is 42.6 Å². The lowest BCUT2D eigenvalue weighted by molar-refractivity contribution is -0.136. The molecule has 0 unspecified atom stereocenters. The Balaban J connectivity index is 1.43. The van der Waals surface area contributed by atoms with Crippen LogP contribution in [0.4, 0.5) is 0 Å². The van der Waals surface area contributed by atoms with Crippen LogP contribution in [0.25, 0.3) is 11.1 Å². The van der Waals surface area contributed by atoms with Gasteiger partial charge in [-0.15, -0.1) is 0 Å². The molecule has 5 heteroatoms. The minimum absolute atomic E-state index is 0.0229. The summed E-state index contributed by atoms with van der Waals surface area (Å²) < 4.78 is 5.46. The Kier molecular flexibility index (Phi) is 5.84. The fourth-order valence-corrected chi connectivity index (χ4v) is 4.45. The molecule has 0 N–H and O–H groups in total. The van der Waals surface area contributed by atoms with E-state index in [1.54, 1.807) is 7.11 Å². The van der Waals surface area contributed by atoms with E-state index in [9.17, 15) is 9.59 Å². The maximum Gasteiger partial charge on any atom is 0.253 e. The van der Waals surface area contributed by atoms with Crippen molar-refractivity contribution in [2.24, 2.45) is 5.92 Å². The van der Waals surface area contributed by atoms with Gasteiger partial charge in [-0.25, -0.2) is 0 Å². The zero-order chi connectivity index (χ0) is 20.2. The van der Waals surface area contributed by atoms with Crippen molar-refractivity contribution in [2.45, 2.75) is 25.7 Å². The SMILES string of the molecule is COc1ccccc1-c1cccc(C(=O)N2CCN(C(=O)C3CCCC3)CC2)c1. The largest absolute Gasteiger partial charge is 0.496 e. The third kappa shape index (κ3) is 4.14. The molecule has 1 aliphatic carbocycles. The Bertz CT molecular complexity index is 881. The van der Waals surface area contributed by atoms with Crippen LogP contribution in [-0.2, 0) is 4.79 Å². The quantitative estimate of drug-likeness (QED) is 0.794. The Morgan fingerprint density at radius 1 is 0.897 bits per heavy atom. The van der Waals surface area contributed by atoms with Crippen LogP contribution in [0.2, 0.25) is 0 Å². The van der Waals surface area contributed by atoms with E-state index in [1.165, 1.54) is 0 Å². The van der Waals surface area contributed by atoms with Gasteiger partial charge in [-0.1, -0.05) is 43.2 Å². The van der Waals surface area contributed by atoms with Crippen molar-refractivity contribution in [3.05, 3.63) is 54.1 Å². The van der Waals surface area contributed by atoms with E-state index < -0.39 is 0 Å². The van der Waals surface area contributed by atoms with Crippen LogP contribution < -0.4 is 4.74 Å². The van der Waals surface area contributed by atoms with Gasteiger partial charge in [-0.2, -0.15) is 0 Å². The van der Waals surface area contributed by atoms with Gasteiger partial charge in [0.05, 0.1) is 7.11 Å². The summed E-state index contributed by atoms with van der Waals surface area (Å²) in [5.41, 5.74) is 2.60. The van der Waals surface area contributed by atoms with Gasteiger partial charge in [0, 0.05) is 43.2 Å². The number of rotatable bonds is 4. The van der Waals surface area contributed by atoms with Gasteiger partial charge >= 0.3 is 0 Å². The summed E-state index contributed by atoms with van der Waals surface area (Å²) in [5.74, 6) is 1.30. The summed E-state index contributed by atoms with van der Waals surface area (Å²) in [5, 5.41) is 0. The number of para-hydroxylation sites is 1. The molecule has 2 fully saturated rings. The molecular weight excluding hydrogens is 364 g/mol. The summed E-state index contributed by atoms with van der Waals surface area (Å²) in [7, 11) is 1.65. The van der Waals surface area contributed by atoms with Crippen molar-refractivity contribution in [1.29, 1.82) is 0 Å². The molecule has 0 radical (unpaired) electrons. The van der Waals surface area contributed by atoms with Crippen molar-refractivity contribution >= 4 is 11.8 Å². The van der Waals surface area contributed by atoms with Crippen molar-refractivity contribution in [2.75, 3.05) is 33.3 Å². The Morgan fingerprint density at radius 3 is 2.31 bits per heavy atom. The summed E-state index contributed by atoms with van der Waals surface area (Å²) in [6.07, 6.45) is 4.37. The van der Waals surface area contributed by atoms with E-state index in [0.29, 0.717) is 31.7 Å². The molecule has 2 aromatic rings. The number of methoxy groups -OCH3 is 1. The first-order valence-corrected chi connectivity index (χ1v) is 10.5. The van der Waals surface area contributed by atoms with Gasteiger partial charge in [0.2, 0.25) is 5.91 Å². The average molecular weight is 392 g/mol. The molecule has 2 aliphatic rings. The summed E-state index contributed by atoms with van der Waals surface area (Å²) in [4.78, 5) is 29.5. The summed E-state index contributed by atoms with van der Waals surface area (Å²) in [6.45, 7) is 2.45. The van der Waals surface area contributed by atoms with E-state index in [4.69, 9.17) is 4.74 Å². The number of hydrogen-bond donors (Lipinski definition) is 0. The van der Waals surface area contributed by atoms with Crippen molar-refractivity contribution in [1.82, 2.24) is 9.80 Å². The van der Waals surface area contributed by atoms with Gasteiger partial charge in [0.25, 0.3) is 5.91 Å². The molecule has 152 valence electrons. The highest BCUT2D eigenvalue weighted by Gasteiger charge is 2.30. The molecule has 0 spiro atoms. The molecule has 4 rings (SSSR count). The van der Waals surface area contributed by atoms with E-state index >= 15 is 0 Å². The van der Waals surface area contributed by atoms with Crippen LogP contribution >= 0.6 is 0 Å². The van der Waals surface area contributed by atoms with Crippen molar-refractivity contribution < 1.29 is 14.3 Å². The van der Waals surface area contributed by atoms with Crippen molar-refractivity contribution in [3.8, 4) is 16.9 Å². The monoisotopic (exact) mass is 392 g/mol. The number of carbonyl (C=O) groups is 2. The normalized spacial score (nSPS) is 17.4. The van der Waals surface area contributed by atoms with Crippen LogP contribution in [0.1, 0.15) is 36.0 Å². The molecular formula is C24H28N2O3. The number of nitrogens with zero attached hydrogens (tertiary/aromatic N) is 2. The Hall–Kier alpha value is -2.82. The van der Waals surface area contributed by atoms with Crippen LogP contribution in [-0.4, -0.2) is 54.9 Å². The van der Waals surface area contributed by atoms with Crippen LogP contribution in [0.5, 0.6) is 5.75 Å². The summed E-state index contributed by atoms with van der Waals surface area (Å²) >= 11 is 0. The topological polar surface area (TPSA) is 49.9 Å². The second kappa shape index (κ2) is 8.68. The molecule has 29 heavy (non-hydrogen) atoms. The number of piperazine rings is 1. The minimum atomic E-state index is 0.0229. The summed E-state index contributed by atoms with van der Waals surface area (Å²) in [6, 6.07) is 15.5. The first kappa shape index (κ1) is 19.5. The lowest BCUT2D eigenvalue weighted by atomic mass is 10.0. The molecule has 1 saturated heterocycles. The molecule has 5 nitrogen and oxygen atoms in total. The highest BCUT2D eigenvalue weighted by atomic mass is 16.5. The van der Waals surface area contributed by atoms with Gasteiger partial charge in [0.1, 0.15) is 5.75 Å². The van der Waals surface area contributed by atoms with Crippen molar-refractivity contribution in [3.63, 3.8) is 0 Å². The number of hydrogen-bond acceptors (Lipinski definition) is 3. The van der Waals surface area contributed by atoms with Crippen LogP contribution in [0.3, 0.4) is 0 Å². The van der Waals surface area contributed by atoms with Gasteiger partial charge < -0.3 is 14.5 Å². The standard InChI is InChI=1S/C24H28N2O3/c1-29-22-12-5-4-11-21(22)19-9-6-10-20(17-19)24(28)26-15-13-25(14-16-26)23(27)18-7-2-3-8-18/h4-6,9-12,17-18H,2-3,7-8,13-16H2,1H3. The molecule has 1 saturated carbocycles. The zero-order valence-electron chi connectivity index (χ0n) is 17.0. The van der Waals surface area contributed by atoms with Crippen LogP contribution in [0.15, 0.2) is 48.5 Å². The Morgan fingerprint density at radius 2 is 1.59 bits per heavy atom. The predicted octanol–water partition coefficient (Wildman–Crippen LogP) is 3.84. The molecule has 0 bridgehead atoms. The second-order valence-corrected chi connectivity index (χ2v) is 7.88. The molecule has 2 aromatic carbocycles. The molecule has 0 aromatic heterocycles. The maximum absolute atomic E-state index is 13.1. The lowest BCUT2D eigenvalue weighted by Gasteiger charge is -2.36. The van der Waals surface area contributed by atoms with Gasteiger partial charge in [-0.05, 0) is 36.6 Å². The molecule has 1 aliphatic heterocycles. The fraction of sp³-hybridized carbons (Fsp3) is 0.417. The highest BCUT2D eigenvalue weighted by Crippen LogP contribution is 2.30. The number of carbonyl (C=O) groups excluding carboxylic acids is 2. The lowest BCUT2D eigenvalue weighted by Crippen LogP contribution is -2.51. The number of benzene rings is 2.